The molecule has 1 heterocycles. The highest BCUT2D eigenvalue weighted by Gasteiger charge is 2.40. The molecule has 4 nitrogen and oxygen atoms in total. The average Bonchev–Trinajstić information content (AvgIpc) is 2.77. The van der Waals surface area contributed by atoms with E-state index >= 15 is 0 Å². The third-order valence-electron chi connectivity index (χ3n) is 5.38. The maximum atomic E-state index is 10.1. The number of likely N-dealkylation sites (N-methyl/N-ethyl adjacent to an activating group) is 1. The summed E-state index contributed by atoms with van der Waals surface area (Å²) in [6, 6.07) is 1.08. The lowest BCUT2D eigenvalue weighted by Crippen LogP contribution is -2.51. The number of likely N-dealkylation sites (tertiary alicyclic amines) is 1. The van der Waals surface area contributed by atoms with Crippen LogP contribution in [-0.4, -0.2) is 66.8 Å². The molecule has 0 bridgehead atoms. The van der Waals surface area contributed by atoms with Crippen LogP contribution in [0.25, 0.3) is 0 Å². The molecule has 0 aromatic rings. The van der Waals surface area contributed by atoms with E-state index in [1.165, 1.54) is 25.7 Å². The fourth-order valence-corrected chi connectivity index (χ4v) is 4.27. The van der Waals surface area contributed by atoms with Gasteiger partial charge >= 0.3 is 0 Å². The van der Waals surface area contributed by atoms with Crippen LogP contribution >= 0.6 is 0 Å². The molecule has 0 amide bonds. The Kier molecular flexibility index (Phi) is 5.84. The third-order valence-corrected chi connectivity index (χ3v) is 5.38. The van der Waals surface area contributed by atoms with E-state index in [9.17, 15) is 5.11 Å². The van der Waals surface area contributed by atoms with E-state index in [4.69, 9.17) is 5.73 Å². The second-order valence-corrected chi connectivity index (χ2v) is 7.15. The zero-order chi connectivity index (χ0) is 14.7. The first-order chi connectivity index (χ1) is 9.55. The van der Waals surface area contributed by atoms with Gasteiger partial charge in [0, 0.05) is 25.2 Å². The number of aliphatic hydroxyl groups excluding tert-OH is 1. The van der Waals surface area contributed by atoms with Gasteiger partial charge in [0.25, 0.3) is 0 Å². The SMILES string of the molecule is CCC1CCC(CN)C(N2CC(O)CC2CN(C)C)C1. The lowest BCUT2D eigenvalue weighted by molar-refractivity contribution is 0.0554. The lowest BCUT2D eigenvalue weighted by atomic mass is 9.76. The molecular formula is C16H33N3O. The van der Waals surface area contributed by atoms with Crippen molar-refractivity contribution in [3.8, 4) is 0 Å². The molecule has 0 aromatic carbocycles. The lowest BCUT2D eigenvalue weighted by Gasteiger charge is -2.43. The molecule has 2 fully saturated rings. The van der Waals surface area contributed by atoms with Crippen molar-refractivity contribution in [3.05, 3.63) is 0 Å². The van der Waals surface area contributed by atoms with Gasteiger partial charge in [-0.2, -0.15) is 0 Å². The van der Waals surface area contributed by atoms with Gasteiger partial charge in [0.2, 0.25) is 0 Å². The van der Waals surface area contributed by atoms with Crippen LogP contribution in [0.2, 0.25) is 0 Å². The Balaban J connectivity index is 2.08. The number of β-amino-alcohol motifs (C(OH)–C–C–N with tert-alkyl or cyclic N) is 1. The minimum absolute atomic E-state index is 0.152. The zero-order valence-electron chi connectivity index (χ0n) is 13.5. The van der Waals surface area contributed by atoms with Crippen LogP contribution in [0.4, 0.5) is 0 Å². The summed E-state index contributed by atoms with van der Waals surface area (Å²) in [5.74, 6) is 1.47. The largest absolute Gasteiger partial charge is 0.392 e. The highest BCUT2D eigenvalue weighted by atomic mass is 16.3. The molecule has 1 aliphatic carbocycles. The summed E-state index contributed by atoms with van der Waals surface area (Å²) in [7, 11) is 4.25. The van der Waals surface area contributed by atoms with E-state index in [0.717, 1.165) is 32.0 Å². The molecular weight excluding hydrogens is 250 g/mol. The fourth-order valence-electron chi connectivity index (χ4n) is 4.27. The second-order valence-electron chi connectivity index (χ2n) is 7.15. The average molecular weight is 283 g/mol. The summed E-state index contributed by atoms with van der Waals surface area (Å²) >= 11 is 0. The normalized spacial score (nSPS) is 39.6. The Bertz CT molecular complexity index is 297. The van der Waals surface area contributed by atoms with E-state index < -0.39 is 0 Å². The molecule has 118 valence electrons. The van der Waals surface area contributed by atoms with Crippen molar-refractivity contribution in [2.75, 3.05) is 33.7 Å². The summed E-state index contributed by atoms with van der Waals surface area (Å²) in [5, 5.41) is 10.1. The van der Waals surface area contributed by atoms with Crippen molar-refractivity contribution in [2.45, 2.75) is 57.2 Å². The molecule has 0 aromatic heterocycles. The molecule has 4 heteroatoms. The van der Waals surface area contributed by atoms with Gasteiger partial charge in [0.05, 0.1) is 6.10 Å². The van der Waals surface area contributed by atoms with Gasteiger partial charge in [-0.05, 0) is 51.7 Å². The molecule has 20 heavy (non-hydrogen) atoms. The first-order valence-electron chi connectivity index (χ1n) is 8.33. The van der Waals surface area contributed by atoms with E-state index in [-0.39, 0.29) is 6.10 Å². The monoisotopic (exact) mass is 283 g/mol. The molecule has 0 radical (unpaired) electrons. The van der Waals surface area contributed by atoms with Gasteiger partial charge in [-0.1, -0.05) is 19.8 Å². The third kappa shape index (κ3) is 3.73. The summed E-state index contributed by atoms with van der Waals surface area (Å²) in [6.07, 6.45) is 5.92. The van der Waals surface area contributed by atoms with Crippen LogP contribution in [0.15, 0.2) is 0 Å². The van der Waals surface area contributed by atoms with Gasteiger partial charge in [0.15, 0.2) is 0 Å². The van der Waals surface area contributed by atoms with Crippen LogP contribution in [-0.2, 0) is 0 Å². The van der Waals surface area contributed by atoms with E-state index in [1.54, 1.807) is 0 Å². The van der Waals surface area contributed by atoms with E-state index in [2.05, 4.69) is 30.8 Å². The van der Waals surface area contributed by atoms with Crippen LogP contribution < -0.4 is 5.73 Å². The minimum Gasteiger partial charge on any atom is -0.392 e. The summed E-state index contributed by atoms with van der Waals surface area (Å²) in [5.41, 5.74) is 6.03. The summed E-state index contributed by atoms with van der Waals surface area (Å²) in [6.45, 7) is 4.99. The zero-order valence-corrected chi connectivity index (χ0v) is 13.5. The van der Waals surface area contributed by atoms with Crippen LogP contribution in [0.3, 0.4) is 0 Å². The Morgan fingerprint density at radius 2 is 2.00 bits per heavy atom. The Morgan fingerprint density at radius 3 is 2.60 bits per heavy atom. The van der Waals surface area contributed by atoms with E-state index in [0.29, 0.717) is 18.0 Å². The van der Waals surface area contributed by atoms with Crippen LogP contribution in [0.5, 0.6) is 0 Å². The van der Waals surface area contributed by atoms with Crippen molar-refractivity contribution in [2.24, 2.45) is 17.6 Å². The topological polar surface area (TPSA) is 52.7 Å². The van der Waals surface area contributed by atoms with Gasteiger partial charge in [0.1, 0.15) is 0 Å². The fraction of sp³-hybridized carbons (Fsp3) is 1.00. The molecule has 3 N–H and O–H groups in total. The second kappa shape index (κ2) is 7.21. The van der Waals surface area contributed by atoms with Crippen molar-refractivity contribution in [1.29, 1.82) is 0 Å². The standard InChI is InChI=1S/C16H33N3O/c1-4-12-5-6-13(9-17)16(7-12)19-11-15(20)8-14(19)10-18(2)3/h12-16,20H,4-11,17H2,1-3H3. The number of hydrogen-bond donors (Lipinski definition) is 2. The quantitative estimate of drug-likeness (QED) is 0.794. The Labute approximate surface area is 124 Å². The van der Waals surface area contributed by atoms with Crippen molar-refractivity contribution >= 4 is 0 Å². The smallest absolute Gasteiger partial charge is 0.0682 e. The van der Waals surface area contributed by atoms with Crippen LogP contribution in [0.1, 0.15) is 39.0 Å². The predicted octanol–water partition coefficient (Wildman–Crippen LogP) is 1.14. The molecule has 2 aliphatic rings. The Hall–Kier alpha value is -0.160. The van der Waals surface area contributed by atoms with Gasteiger partial charge < -0.3 is 15.7 Å². The summed E-state index contributed by atoms with van der Waals surface area (Å²) < 4.78 is 0. The molecule has 0 spiro atoms. The number of nitrogens with zero attached hydrogens (tertiary/aromatic N) is 2. The first-order valence-corrected chi connectivity index (χ1v) is 8.33. The number of hydrogen-bond acceptors (Lipinski definition) is 4. The maximum Gasteiger partial charge on any atom is 0.0682 e. The molecule has 1 aliphatic heterocycles. The minimum atomic E-state index is -0.152. The maximum absolute atomic E-state index is 10.1. The van der Waals surface area contributed by atoms with Gasteiger partial charge in [-0.25, -0.2) is 0 Å². The molecule has 1 saturated carbocycles. The molecule has 5 unspecified atom stereocenters. The first kappa shape index (κ1) is 16.2. The highest BCUT2D eigenvalue weighted by Crippen LogP contribution is 2.36. The van der Waals surface area contributed by atoms with Gasteiger partial charge in [-0.3, -0.25) is 4.90 Å². The molecule has 1 saturated heterocycles. The number of nitrogens with two attached hydrogens (primary N) is 1. The number of aliphatic hydroxyl groups is 1. The van der Waals surface area contributed by atoms with Crippen molar-refractivity contribution in [1.82, 2.24) is 9.80 Å². The highest BCUT2D eigenvalue weighted by molar-refractivity contribution is 4.95. The van der Waals surface area contributed by atoms with Crippen molar-refractivity contribution in [3.63, 3.8) is 0 Å². The predicted molar refractivity (Wildman–Crippen MR) is 83.6 cm³/mol. The van der Waals surface area contributed by atoms with Crippen molar-refractivity contribution < 1.29 is 5.11 Å². The van der Waals surface area contributed by atoms with Crippen LogP contribution in [0, 0.1) is 11.8 Å². The number of rotatable bonds is 5. The molecule has 2 rings (SSSR count). The summed E-state index contributed by atoms with van der Waals surface area (Å²) in [4.78, 5) is 4.83. The van der Waals surface area contributed by atoms with E-state index in [1.807, 2.05) is 0 Å². The van der Waals surface area contributed by atoms with Gasteiger partial charge in [-0.15, -0.1) is 0 Å². The molecule has 5 atom stereocenters. The Morgan fingerprint density at radius 1 is 1.25 bits per heavy atom.